The zero-order chi connectivity index (χ0) is 11.1. The van der Waals surface area contributed by atoms with Gasteiger partial charge in [-0.05, 0) is 6.07 Å². The summed E-state index contributed by atoms with van der Waals surface area (Å²) in [6.45, 7) is 0. The van der Waals surface area contributed by atoms with Crippen molar-refractivity contribution in [2.75, 3.05) is 0 Å². The molecule has 0 atom stereocenters. The second-order valence-electron chi connectivity index (χ2n) is 3.33. The smallest absolute Gasteiger partial charge is 0.223 e. The molecule has 0 aliphatic rings. The van der Waals surface area contributed by atoms with Gasteiger partial charge >= 0.3 is 0 Å². The van der Waals surface area contributed by atoms with E-state index in [1.165, 1.54) is 18.6 Å². The molecule has 0 aliphatic carbocycles. The van der Waals surface area contributed by atoms with Crippen molar-refractivity contribution in [1.29, 1.82) is 5.26 Å². The van der Waals surface area contributed by atoms with Crippen molar-refractivity contribution < 1.29 is 9.15 Å². The Kier molecular flexibility index (Phi) is 1.59. The van der Waals surface area contributed by atoms with E-state index < -0.39 is 0 Å². The Hall–Kier alpha value is -2.61. The average Bonchev–Trinajstić information content (AvgIpc) is 2.65. The van der Waals surface area contributed by atoms with Crippen molar-refractivity contribution in [2.24, 2.45) is 0 Å². The minimum atomic E-state index is 0.305. The number of fused-ring (bicyclic) bond motifs is 3. The Bertz CT molecular complexity index is 740. The van der Waals surface area contributed by atoms with Crippen molar-refractivity contribution in [3.05, 3.63) is 41.6 Å². The highest BCUT2D eigenvalue weighted by Crippen LogP contribution is 2.28. The molecule has 5 heteroatoms. The summed E-state index contributed by atoms with van der Waals surface area (Å²) in [4.78, 5) is 3.96. The molecule has 3 aromatic rings. The fraction of sp³-hybridized carbons (Fsp3) is 0. The van der Waals surface area contributed by atoms with Gasteiger partial charge in [-0.15, -0.1) is 0 Å². The molecule has 0 saturated carbocycles. The molecule has 3 heterocycles. The molecule has 0 unspecified atom stereocenters. The minimum absolute atomic E-state index is 0.305. The van der Waals surface area contributed by atoms with Gasteiger partial charge in [-0.1, -0.05) is 0 Å². The Labute approximate surface area is 89.7 Å². The lowest BCUT2D eigenvalue weighted by Crippen LogP contribution is -2.23. The Morgan fingerprint density at radius 2 is 2.25 bits per heavy atom. The van der Waals surface area contributed by atoms with E-state index >= 15 is 0 Å². The predicted octanol–water partition coefficient (Wildman–Crippen LogP) is 1.49. The number of nitriles is 1. The predicted molar refractivity (Wildman–Crippen MR) is 55.2 cm³/mol. The zero-order valence-electron chi connectivity index (χ0n) is 8.04. The van der Waals surface area contributed by atoms with E-state index in [9.17, 15) is 5.21 Å². The standard InChI is InChI=1S/C11H5N3O2/c12-5-8-11-7-2-4-14(15)6-10(7)16-9(11)1-3-13-8/h1-4,6H. The van der Waals surface area contributed by atoms with Gasteiger partial charge in [0, 0.05) is 17.6 Å². The first-order chi connectivity index (χ1) is 7.79. The maximum absolute atomic E-state index is 11.1. The van der Waals surface area contributed by atoms with Crippen LogP contribution in [-0.4, -0.2) is 4.98 Å². The van der Waals surface area contributed by atoms with E-state index in [2.05, 4.69) is 4.98 Å². The summed E-state index contributed by atoms with van der Waals surface area (Å²) >= 11 is 0. The summed E-state index contributed by atoms with van der Waals surface area (Å²) in [5.41, 5.74) is 1.32. The highest BCUT2D eigenvalue weighted by molar-refractivity contribution is 6.06. The summed E-state index contributed by atoms with van der Waals surface area (Å²) in [5, 5.41) is 21.4. The molecule has 3 rings (SSSR count). The lowest BCUT2D eigenvalue weighted by molar-refractivity contribution is -0.604. The normalized spacial score (nSPS) is 10.7. The second-order valence-corrected chi connectivity index (χ2v) is 3.33. The van der Waals surface area contributed by atoms with Crippen LogP contribution in [0.15, 0.2) is 35.1 Å². The average molecular weight is 211 g/mol. The number of hydrogen-bond acceptors (Lipinski definition) is 4. The van der Waals surface area contributed by atoms with Gasteiger partial charge in [0.25, 0.3) is 0 Å². The van der Waals surface area contributed by atoms with Gasteiger partial charge in [0.05, 0.1) is 5.39 Å². The molecule has 16 heavy (non-hydrogen) atoms. The molecule has 5 nitrogen and oxygen atoms in total. The SMILES string of the molecule is N#Cc1nccc2oc3c[n+]([O-])ccc3c12. The maximum atomic E-state index is 11.1. The van der Waals surface area contributed by atoms with Gasteiger partial charge in [-0.2, -0.15) is 9.99 Å². The summed E-state index contributed by atoms with van der Waals surface area (Å²) in [6.07, 6.45) is 4.20. The Balaban J connectivity index is 2.58. The van der Waals surface area contributed by atoms with E-state index in [1.807, 2.05) is 6.07 Å². The van der Waals surface area contributed by atoms with E-state index in [0.717, 1.165) is 5.39 Å². The molecule has 0 spiro atoms. The highest BCUT2D eigenvalue weighted by atomic mass is 16.5. The number of pyridine rings is 2. The molecular weight excluding hydrogens is 206 g/mol. The van der Waals surface area contributed by atoms with E-state index in [1.54, 1.807) is 12.1 Å². The van der Waals surface area contributed by atoms with Crippen molar-refractivity contribution in [3.8, 4) is 6.07 Å². The molecule has 76 valence electrons. The maximum Gasteiger partial charge on any atom is 0.223 e. The molecule has 0 aromatic carbocycles. The van der Waals surface area contributed by atoms with Crippen LogP contribution in [0.4, 0.5) is 0 Å². The zero-order valence-corrected chi connectivity index (χ0v) is 8.04. The van der Waals surface area contributed by atoms with Crippen molar-refractivity contribution in [3.63, 3.8) is 0 Å². The van der Waals surface area contributed by atoms with Gasteiger partial charge < -0.3 is 9.62 Å². The largest absolute Gasteiger partial charge is 0.619 e. The van der Waals surface area contributed by atoms with Crippen LogP contribution in [0.1, 0.15) is 5.69 Å². The third-order valence-electron chi connectivity index (χ3n) is 2.41. The number of hydrogen-bond donors (Lipinski definition) is 0. The molecule has 0 bridgehead atoms. The third-order valence-corrected chi connectivity index (χ3v) is 2.41. The van der Waals surface area contributed by atoms with Crippen molar-refractivity contribution in [1.82, 2.24) is 4.98 Å². The van der Waals surface area contributed by atoms with E-state index in [0.29, 0.717) is 27.0 Å². The van der Waals surface area contributed by atoms with Crippen LogP contribution in [0.2, 0.25) is 0 Å². The Morgan fingerprint density at radius 1 is 1.38 bits per heavy atom. The quantitative estimate of drug-likeness (QED) is 0.417. The fourth-order valence-corrected chi connectivity index (χ4v) is 1.74. The van der Waals surface area contributed by atoms with Crippen LogP contribution in [0.25, 0.3) is 21.9 Å². The van der Waals surface area contributed by atoms with Crippen LogP contribution in [0, 0.1) is 16.5 Å². The topological polar surface area (TPSA) is 76.8 Å². The summed E-state index contributed by atoms with van der Waals surface area (Å²) in [6, 6.07) is 5.30. The third kappa shape index (κ3) is 1.04. The van der Waals surface area contributed by atoms with E-state index in [-0.39, 0.29) is 0 Å². The van der Waals surface area contributed by atoms with Gasteiger partial charge in [0.2, 0.25) is 6.20 Å². The molecule has 0 radical (unpaired) electrons. The second kappa shape index (κ2) is 2.94. The lowest BCUT2D eigenvalue weighted by Gasteiger charge is -1.93. The molecule has 0 N–H and O–H groups in total. The molecular formula is C11H5N3O2. The molecule has 0 amide bonds. The van der Waals surface area contributed by atoms with Crippen LogP contribution >= 0.6 is 0 Å². The lowest BCUT2D eigenvalue weighted by atomic mass is 10.2. The molecule has 0 fully saturated rings. The van der Waals surface area contributed by atoms with Crippen molar-refractivity contribution in [2.45, 2.75) is 0 Å². The van der Waals surface area contributed by atoms with Crippen LogP contribution in [0.5, 0.6) is 0 Å². The number of furan rings is 1. The fourth-order valence-electron chi connectivity index (χ4n) is 1.74. The molecule has 0 aliphatic heterocycles. The molecule has 0 saturated heterocycles. The van der Waals surface area contributed by atoms with Crippen LogP contribution < -0.4 is 4.73 Å². The number of aromatic nitrogens is 2. The van der Waals surface area contributed by atoms with Gasteiger partial charge in [0.15, 0.2) is 17.5 Å². The summed E-state index contributed by atoms with van der Waals surface area (Å²) in [7, 11) is 0. The first-order valence-corrected chi connectivity index (χ1v) is 4.60. The van der Waals surface area contributed by atoms with Crippen molar-refractivity contribution >= 4 is 21.9 Å². The van der Waals surface area contributed by atoms with Crippen LogP contribution in [-0.2, 0) is 0 Å². The highest BCUT2D eigenvalue weighted by Gasteiger charge is 2.13. The molecule has 3 aromatic heterocycles. The summed E-state index contributed by atoms with van der Waals surface area (Å²) < 4.78 is 6.12. The van der Waals surface area contributed by atoms with Crippen LogP contribution in [0.3, 0.4) is 0 Å². The van der Waals surface area contributed by atoms with Gasteiger partial charge in [-0.25, -0.2) is 4.98 Å². The first kappa shape index (κ1) is 8.68. The number of nitrogens with zero attached hydrogens (tertiary/aromatic N) is 3. The summed E-state index contributed by atoms with van der Waals surface area (Å²) in [5.74, 6) is 0. The van der Waals surface area contributed by atoms with E-state index in [4.69, 9.17) is 9.68 Å². The monoisotopic (exact) mass is 211 g/mol. The first-order valence-electron chi connectivity index (χ1n) is 4.60. The van der Waals surface area contributed by atoms with Gasteiger partial charge in [0.1, 0.15) is 11.7 Å². The Morgan fingerprint density at radius 3 is 3.06 bits per heavy atom. The number of rotatable bonds is 0. The van der Waals surface area contributed by atoms with Gasteiger partial charge in [-0.3, -0.25) is 0 Å². The minimum Gasteiger partial charge on any atom is -0.619 e.